The Morgan fingerprint density at radius 1 is 1.27 bits per heavy atom. The highest BCUT2D eigenvalue weighted by Crippen LogP contribution is 2.52. The van der Waals surface area contributed by atoms with Crippen molar-refractivity contribution in [3.8, 4) is 0 Å². The van der Waals surface area contributed by atoms with Crippen LogP contribution in [0.2, 0.25) is 0 Å². The standard InChI is InChI=1S/C25H31F2N3O3/c1-15-20(16-6-4-3-5-7-16)18-12-24(23(28)32,13-19(21(18)33-15)22(31)29-2)10-8-17-9-11-30-14-25(17,26)27/h3-7,13,15,17,20,30H,8-12,14H2,1-2H3,(H2,28,32)(H,29,31). The van der Waals surface area contributed by atoms with E-state index in [4.69, 9.17) is 10.5 Å². The van der Waals surface area contributed by atoms with Gasteiger partial charge >= 0.3 is 0 Å². The topological polar surface area (TPSA) is 93.5 Å². The van der Waals surface area contributed by atoms with Crippen molar-refractivity contribution < 1.29 is 23.1 Å². The molecule has 0 saturated carbocycles. The monoisotopic (exact) mass is 459 g/mol. The zero-order valence-corrected chi connectivity index (χ0v) is 19.0. The maximum atomic E-state index is 14.5. The van der Waals surface area contributed by atoms with Gasteiger partial charge in [-0.2, -0.15) is 0 Å². The van der Waals surface area contributed by atoms with E-state index in [1.807, 2.05) is 37.3 Å². The molecule has 178 valence electrons. The van der Waals surface area contributed by atoms with Gasteiger partial charge in [-0.15, -0.1) is 0 Å². The summed E-state index contributed by atoms with van der Waals surface area (Å²) in [7, 11) is 1.51. The average molecular weight is 460 g/mol. The van der Waals surface area contributed by atoms with Gasteiger partial charge in [-0.1, -0.05) is 36.4 Å². The molecule has 1 aliphatic carbocycles. The Labute approximate surface area is 192 Å². The molecule has 0 bridgehead atoms. The third-order valence-corrected chi connectivity index (χ3v) is 7.30. The van der Waals surface area contributed by atoms with Crippen molar-refractivity contribution in [3.05, 3.63) is 58.9 Å². The van der Waals surface area contributed by atoms with E-state index in [0.29, 0.717) is 18.7 Å². The molecule has 1 aromatic rings. The molecule has 3 aliphatic rings. The molecular formula is C25H31F2N3O3. The highest BCUT2D eigenvalue weighted by Gasteiger charge is 2.50. The normalized spacial score (nSPS) is 30.8. The minimum absolute atomic E-state index is 0.143. The van der Waals surface area contributed by atoms with Crippen LogP contribution >= 0.6 is 0 Å². The van der Waals surface area contributed by atoms with Gasteiger partial charge in [0.15, 0.2) is 0 Å². The summed E-state index contributed by atoms with van der Waals surface area (Å²) in [6.45, 7) is 2.08. The molecule has 1 saturated heterocycles. The third kappa shape index (κ3) is 4.28. The Morgan fingerprint density at radius 2 is 2.00 bits per heavy atom. The lowest BCUT2D eigenvalue weighted by atomic mass is 9.67. The number of hydrogen-bond donors (Lipinski definition) is 3. The van der Waals surface area contributed by atoms with Gasteiger partial charge in [0.1, 0.15) is 11.9 Å². The Kier molecular flexibility index (Phi) is 6.31. The Morgan fingerprint density at radius 3 is 2.64 bits per heavy atom. The minimum Gasteiger partial charge on any atom is -0.489 e. The van der Waals surface area contributed by atoms with Gasteiger partial charge in [0.2, 0.25) is 5.91 Å². The number of nitrogens with one attached hydrogen (secondary N) is 2. The molecule has 2 heterocycles. The fraction of sp³-hybridized carbons (Fsp3) is 0.520. The van der Waals surface area contributed by atoms with Gasteiger partial charge in [-0.25, -0.2) is 8.78 Å². The van der Waals surface area contributed by atoms with Crippen LogP contribution in [0.25, 0.3) is 0 Å². The third-order valence-electron chi connectivity index (χ3n) is 7.30. The van der Waals surface area contributed by atoms with Crippen molar-refractivity contribution >= 4 is 11.8 Å². The summed E-state index contributed by atoms with van der Waals surface area (Å²) in [5.41, 5.74) is 6.76. The second-order valence-electron chi connectivity index (χ2n) is 9.36. The molecule has 2 aliphatic heterocycles. The highest BCUT2D eigenvalue weighted by molar-refractivity contribution is 6.00. The summed E-state index contributed by atoms with van der Waals surface area (Å²) in [5.74, 6) is -4.37. The number of alkyl halides is 2. The number of carbonyl (C=O) groups excluding carboxylic acids is 2. The number of amides is 2. The smallest absolute Gasteiger partial charge is 0.263 e. The first-order valence-electron chi connectivity index (χ1n) is 11.5. The van der Waals surface area contributed by atoms with Crippen LogP contribution in [0.5, 0.6) is 0 Å². The summed E-state index contributed by atoms with van der Waals surface area (Å²) < 4.78 is 35.1. The van der Waals surface area contributed by atoms with E-state index >= 15 is 0 Å². The van der Waals surface area contributed by atoms with Crippen molar-refractivity contribution in [3.63, 3.8) is 0 Å². The van der Waals surface area contributed by atoms with Gasteiger partial charge in [0.05, 0.1) is 17.5 Å². The molecule has 0 spiro atoms. The number of nitrogens with two attached hydrogens (primary N) is 1. The van der Waals surface area contributed by atoms with Crippen LogP contribution in [0.15, 0.2) is 53.3 Å². The maximum Gasteiger partial charge on any atom is 0.263 e. The lowest BCUT2D eigenvalue weighted by Gasteiger charge is -2.37. The average Bonchev–Trinajstić information content (AvgIpc) is 3.12. The molecule has 1 fully saturated rings. The molecule has 33 heavy (non-hydrogen) atoms. The van der Waals surface area contributed by atoms with Crippen LogP contribution in [0.1, 0.15) is 44.1 Å². The molecular weight excluding hydrogens is 428 g/mol. The van der Waals surface area contributed by atoms with Crippen LogP contribution in [-0.4, -0.2) is 44.0 Å². The number of likely N-dealkylation sites (N-methyl/N-ethyl adjacent to an activating group) is 1. The highest BCUT2D eigenvalue weighted by atomic mass is 19.3. The summed E-state index contributed by atoms with van der Waals surface area (Å²) >= 11 is 0. The van der Waals surface area contributed by atoms with Crippen LogP contribution < -0.4 is 16.4 Å². The van der Waals surface area contributed by atoms with E-state index in [0.717, 1.165) is 11.1 Å². The van der Waals surface area contributed by atoms with Crippen molar-refractivity contribution in [1.82, 2.24) is 10.6 Å². The number of primary amides is 1. The summed E-state index contributed by atoms with van der Waals surface area (Å²) in [6, 6.07) is 9.75. The maximum absolute atomic E-state index is 14.5. The van der Waals surface area contributed by atoms with Crippen molar-refractivity contribution in [2.75, 3.05) is 20.1 Å². The van der Waals surface area contributed by atoms with Crippen LogP contribution in [0.3, 0.4) is 0 Å². The van der Waals surface area contributed by atoms with Crippen molar-refractivity contribution in [2.24, 2.45) is 17.1 Å². The van der Waals surface area contributed by atoms with Crippen LogP contribution in [0, 0.1) is 11.3 Å². The predicted molar refractivity (Wildman–Crippen MR) is 120 cm³/mol. The predicted octanol–water partition coefficient (Wildman–Crippen LogP) is 3.02. The lowest BCUT2D eigenvalue weighted by molar-refractivity contribution is -0.127. The molecule has 4 unspecified atom stereocenters. The fourth-order valence-electron chi connectivity index (χ4n) is 5.47. The number of piperidine rings is 1. The lowest BCUT2D eigenvalue weighted by Crippen LogP contribution is -2.47. The molecule has 4 atom stereocenters. The molecule has 6 nitrogen and oxygen atoms in total. The SMILES string of the molecule is CNC(=O)C1=CC(CCC2CCNCC2(F)F)(C(N)=O)CC2=C1OC(C)C2c1ccccc1. The number of carbonyl (C=O) groups is 2. The Hall–Kier alpha value is -2.74. The first-order chi connectivity index (χ1) is 15.7. The van der Waals surface area contributed by atoms with Crippen molar-refractivity contribution in [2.45, 2.75) is 50.6 Å². The molecule has 0 radical (unpaired) electrons. The van der Waals surface area contributed by atoms with Gasteiger partial charge in [0, 0.05) is 18.9 Å². The number of halogens is 2. The quantitative estimate of drug-likeness (QED) is 0.610. The van der Waals surface area contributed by atoms with E-state index in [9.17, 15) is 18.4 Å². The zero-order chi connectivity index (χ0) is 23.8. The number of rotatable bonds is 6. The van der Waals surface area contributed by atoms with E-state index in [1.165, 1.54) is 7.05 Å². The largest absolute Gasteiger partial charge is 0.489 e. The summed E-state index contributed by atoms with van der Waals surface area (Å²) in [5, 5.41) is 5.34. The van der Waals surface area contributed by atoms with Gasteiger partial charge < -0.3 is 21.1 Å². The second-order valence-corrected chi connectivity index (χ2v) is 9.36. The van der Waals surface area contributed by atoms with E-state index in [2.05, 4.69) is 10.6 Å². The molecule has 2 amide bonds. The second kappa shape index (κ2) is 8.89. The van der Waals surface area contributed by atoms with Gasteiger partial charge in [0.25, 0.3) is 11.8 Å². The number of ether oxygens (including phenoxy) is 1. The molecule has 1 aromatic carbocycles. The van der Waals surface area contributed by atoms with E-state index in [-0.39, 0.29) is 49.3 Å². The molecule has 4 N–H and O–H groups in total. The first-order valence-corrected chi connectivity index (χ1v) is 11.5. The zero-order valence-electron chi connectivity index (χ0n) is 19.0. The van der Waals surface area contributed by atoms with Gasteiger partial charge in [-0.05, 0) is 50.3 Å². The molecule has 4 rings (SSSR count). The molecule has 0 aromatic heterocycles. The van der Waals surface area contributed by atoms with Crippen molar-refractivity contribution in [1.29, 1.82) is 0 Å². The van der Waals surface area contributed by atoms with Crippen LogP contribution in [-0.2, 0) is 14.3 Å². The minimum atomic E-state index is -2.85. The number of benzene rings is 1. The van der Waals surface area contributed by atoms with Gasteiger partial charge in [-0.3, -0.25) is 9.59 Å². The first kappa shape index (κ1) is 23.4. The van der Waals surface area contributed by atoms with E-state index in [1.54, 1.807) is 6.08 Å². The summed E-state index contributed by atoms with van der Waals surface area (Å²) in [6.07, 6.45) is 2.18. The van der Waals surface area contributed by atoms with Crippen LogP contribution in [0.4, 0.5) is 8.78 Å². The Bertz CT molecular complexity index is 992. The molecule has 8 heteroatoms. The van der Waals surface area contributed by atoms with E-state index < -0.39 is 23.2 Å². The Balaban J connectivity index is 1.72. The number of hydrogen-bond acceptors (Lipinski definition) is 4. The fourth-order valence-corrected chi connectivity index (χ4v) is 5.47. The summed E-state index contributed by atoms with van der Waals surface area (Å²) in [4.78, 5) is 25.7.